The first-order chi connectivity index (χ1) is 21.6. The number of hydrogen-bond acceptors (Lipinski definition) is 12. The highest BCUT2D eigenvalue weighted by Crippen LogP contribution is 2.37. The molecule has 3 aromatic heterocycles. The molecule has 0 aromatic carbocycles. The van der Waals surface area contributed by atoms with Crippen LogP contribution in [0.1, 0.15) is 54.1 Å². The molecule has 0 saturated carbocycles. The molecule has 3 aromatic rings. The third-order valence-corrected chi connectivity index (χ3v) is 7.57. The largest absolute Gasteiger partial charge is 0.491 e. The van der Waals surface area contributed by atoms with Gasteiger partial charge in [0, 0.05) is 54.5 Å². The summed E-state index contributed by atoms with van der Waals surface area (Å²) in [5.41, 5.74) is 2.35. The summed E-state index contributed by atoms with van der Waals surface area (Å²) in [4.78, 5) is 45.8. The lowest BCUT2D eigenvalue weighted by Crippen LogP contribution is -2.10. The number of nitrogens with zero attached hydrogens (tertiary/aromatic N) is 3. The third-order valence-electron chi connectivity index (χ3n) is 6.95. The highest BCUT2D eigenvalue weighted by atomic mass is 35.5. The Kier molecular flexibility index (Phi) is 12.0. The molecule has 0 radical (unpaired) electrons. The SMILES string of the molecule is COC(=O)CC1COc2cc(Cl)cnc21.COC(=O)C[C@@H]1COc2cc(Cl)cnc21.COC(=O)C[C@H]1COc2cc(Cl)cnc21. The number of pyridine rings is 3. The van der Waals surface area contributed by atoms with Crippen molar-refractivity contribution in [2.45, 2.75) is 37.0 Å². The normalized spacial score (nSPS) is 18.1. The number of ether oxygens (including phenoxy) is 6. The summed E-state index contributed by atoms with van der Waals surface area (Å²) < 4.78 is 30.0. The van der Waals surface area contributed by atoms with Crippen molar-refractivity contribution in [3.05, 3.63) is 68.9 Å². The van der Waals surface area contributed by atoms with Gasteiger partial charge in [0.1, 0.15) is 17.2 Å². The van der Waals surface area contributed by atoms with Crippen LogP contribution >= 0.6 is 34.8 Å². The number of esters is 3. The maximum absolute atomic E-state index is 11.1. The van der Waals surface area contributed by atoms with Gasteiger partial charge in [-0.25, -0.2) is 0 Å². The van der Waals surface area contributed by atoms with Crippen molar-refractivity contribution in [1.29, 1.82) is 0 Å². The molecule has 240 valence electrons. The molecule has 15 heteroatoms. The zero-order valence-corrected chi connectivity index (χ0v) is 26.9. The van der Waals surface area contributed by atoms with E-state index in [1.165, 1.54) is 21.3 Å². The van der Waals surface area contributed by atoms with Gasteiger partial charge in [-0.3, -0.25) is 29.3 Å². The Hall–Kier alpha value is -3.87. The van der Waals surface area contributed by atoms with Crippen LogP contribution in [0.15, 0.2) is 36.8 Å². The van der Waals surface area contributed by atoms with Crippen LogP contribution in [0.4, 0.5) is 0 Å². The van der Waals surface area contributed by atoms with Gasteiger partial charge in [-0.05, 0) is 0 Å². The van der Waals surface area contributed by atoms with Crippen molar-refractivity contribution in [3.63, 3.8) is 0 Å². The van der Waals surface area contributed by atoms with E-state index >= 15 is 0 Å². The van der Waals surface area contributed by atoms with Crippen molar-refractivity contribution in [2.75, 3.05) is 41.2 Å². The van der Waals surface area contributed by atoms with Crippen LogP contribution in [-0.4, -0.2) is 74.0 Å². The molecule has 3 aliphatic heterocycles. The third kappa shape index (κ3) is 9.09. The Bertz CT molecular complexity index is 1360. The van der Waals surface area contributed by atoms with Crippen LogP contribution < -0.4 is 14.2 Å². The van der Waals surface area contributed by atoms with Crippen molar-refractivity contribution in [2.24, 2.45) is 0 Å². The Morgan fingerprint density at radius 1 is 0.600 bits per heavy atom. The average molecular weight is 683 g/mol. The fraction of sp³-hybridized carbons (Fsp3) is 0.400. The molecule has 3 aliphatic rings. The Morgan fingerprint density at radius 2 is 0.867 bits per heavy atom. The first-order valence-corrected chi connectivity index (χ1v) is 14.8. The maximum Gasteiger partial charge on any atom is 0.306 e. The summed E-state index contributed by atoms with van der Waals surface area (Å²) in [6.07, 6.45) is 5.53. The Balaban J connectivity index is 0.000000154. The predicted octanol–water partition coefficient (Wildman–Crippen LogP) is 5.32. The van der Waals surface area contributed by atoms with Crippen molar-refractivity contribution in [1.82, 2.24) is 15.0 Å². The summed E-state index contributed by atoms with van der Waals surface area (Å²) in [6.45, 7) is 1.37. The molecule has 0 bridgehead atoms. The molecule has 6 heterocycles. The zero-order valence-electron chi connectivity index (χ0n) is 24.6. The molecule has 0 spiro atoms. The second-order valence-corrected chi connectivity index (χ2v) is 11.3. The molecule has 0 N–H and O–H groups in total. The highest BCUT2D eigenvalue weighted by molar-refractivity contribution is 6.31. The van der Waals surface area contributed by atoms with Gasteiger partial charge in [0.25, 0.3) is 0 Å². The number of fused-ring (bicyclic) bond motifs is 3. The fourth-order valence-corrected chi connectivity index (χ4v) is 5.13. The molecule has 1 unspecified atom stereocenters. The van der Waals surface area contributed by atoms with E-state index < -0.39 is 0 Å². The lowest BCUT2D eigenvalue weighted by molar-refractivity contribution is -0.142. The van der Waals surface area contributed by atoms with Crippen LogP contribution in [0.5, 0.6) is 17.2 Å². The number of carbonyl (C=O) groups excluding carboxylic acids is 3. The first kappa shape index (κ1) is 34.0. The van der Waals surface area contributed by atoms with Gasteiger partial charge < -0.3 is 28.4 Å². The molecule has 6 rings (SSSR count). The van der Waals surface area contributed by atoms with Gasteiger partial charge in [0.2, 0.25) is 0 Å². The summed E-state index contributed by atoms with van der Waals surface area (Å²) in [7, 11) is 4.11. The zero-order chi connectivity index (χ0) is 32.5. The van der Waals surface area contributed by atoms with Gasteiger partial charge in [0.15, 0.2) is 0 Å². The van der Waals surface area contributed by atoms with Gasteiger partial charge in [0.05, 0.1) is 92.6 Å². The number of methoxy groups -OCH3 is 3. The molecule has 0 fully saturated rings. The van der Waals surface area contributed by atoms with E-state index in [0.717, 1.165) is 17.1 Å². The minimum atomic E-state index is -0.256. The minimum absolute atomic E-state index is 0.0234. The molecule has 0 saturated heterocycles. The minimum Gasteiger partial charge on any atom is -0.491 e. The van der Waals surface area contributed by atoms with Crippen molar-refractivity contribution >= 4 is 52.7 Å². The van der Waals surface area contributed by atoms with Crippen LogP contribution in [0.25, 0.3) is 0 Å². The van der Waals surface area contributed by atoms with Crippen LogP contribution in [0.3, 0.4) is 0 Å². The lowest BCUT2D eigenvalue weighted by atomic mass is 10.0. The van der Waals surface area contributed by atoms with Crippen molar-refractivity contribution in [3.8, 4) is 17.2 Å². The molecule has 3 atom stereocenters. The lowest BCUT2D eigenvalue weighted by Gasteiger charge is -2.05. The average Bonchev–Trinajstić information content (AvgIpc) is 3.74. The molecule has 0 aliphatic carbocycles. The predicted molar refractivity (Wildman–Crippen MR) is 162 cm³/mol. The quantitative estimate of drug-likeness (QED) is 0.245. The number of halogens is 3. The monoisotopic (exact) mass is 681 g/mol. The van der Waals surface area contributed by atoms with E-state index in [9.17, 15) is 14.4 Å². The van der Waals surface area contributed by atoms with Gasteiger partial charge in [-0.1, -0.05) is 34.8 Å². The summed E-state index contributed by atoms with van der Waals surface area (Å²) in [5, 5.41) is 1.60. The van der Waals surface area contributed by atoms with Gasteiger partial charge in [-0.15, -0.1) is 0 Å². The number of aromatic nitrogens is 3. The second kappa shape index (κ2) is 15.9. The van der Waals surface area contributed by atoms with Crippen molar-refractivity contribution < 1.29 is 42.8 Å². The molecular formula is C30H30Cl3N3O9. The standard InChI is InChI=1S/3C10H10ClNO3/c3*1-14-9(13)2-6-5-15-8-3-7(11)4-12-10(6)8/h3*3-4,6H,2,5H2,1H3/t2*6-;/m10./s1. The summed E-state index contributed by atoms with van der Waals surface area (Å²) >= 11 is 17.3. The Morgan fingerprint density at radius 3 is 1.11 bits per heavy atom. The second-order valence-electron chi connectivity index (χ2n) is 9.98. The van der Waals surface area contributed by atoms with Gasteiger partial charge in [-0.2, -0.15) is 0 Å². The fourth-order valence-electron chi connectivity index (χ4n) is 4.69. The molecule has 45 heavy (non-hydrogen) atoms. The number of carbonyl (C=O) groups is 3. The summed E-state index contributed by atoms with van der Waals surface area (Å²) in [6, 6.07) is 5.13. The van der Waals surface area contributed by atoms with E-state index in [4.69, 9.17) is 49.0 Å². The number of hydrogen-bond donors (Lipinski definition) is 0. The van der Waals surface area contributed by atoms with E-state index in [0.29, 0.717) is 52.1 Å². The topological polar surface area (TPSA) is 145 Å². The Labute approximate surface area is 274 Å². The highest BCUT2D eigenvalue weighted by Gasteiger charge is 2.30. The van der Waals surface area contributed by atoms with Crippen LogP contribution in [-0.2, 0) is 28.6 Å². The van der Waals surface area contributed by atoms with Crippen LogP contribution in [0, 0.1) is 0 Å². The van der Waals surface area contributed by atoms with E-state index in [-0.39, 0.29) is 54.9 Å². The smallest absolute Gasteiger partial charge is 0.306 e. The summed E-state index contributed by atoms with van der Waals surface area (Å²) in [5.74, 6) is 1.15. The van der Waals surface area contributed by atoms with E-state index in [1.807, 2.05) is 0 Å². The molecule has 12 nitrogen and oxygen atoms in total. The molecular weight excluding hydrogens is 653 g/mol. The first-order valence-electron chi connectivity index (χ1n) is 13.7. The maximum atomic E-state index is 11.1. The number of rotatable bonds is 6. The van der Waals surface area contributed by atoms with E-state index in [2.05, 4.69) is 29.2 Å². The molecule has 0 amide bonds. The van der Waals surface area contributed by atoms with Gasteiger partial charge >= 0.3 is 17.9 Å². The van der Waals surface area contributed by atoms with E-state index in [1.54, 1.807) is 36.8 Å². The van der Waals surface area contributed by atoms with Crippen LogP contribution in [0.2, 0.25) is 15.1 Å².